The van der Waals surface area contributed by atoms with Crippen molar-refractivity contribution in [2.75, 3.05) is 36.9 Å². The fraction of sp³-hybridized carbons (Fsp3) is 0.667. The third-order valence-electron chi connectivity index (χ3n) is 2.75. The molecule has 0 spiro atoms. The van der Waals surface area contributed by atoms with Crippen LogP contribution in [0.15, 0.2) is 18.5 Å². The van der Waals surface area contributed by atoms with Gasteiger partial charge in [0.05, 0.1) is 23.8 Å². The molecule has 0 aromatic carbocycles. The van der Waals surface area contributed by atoms with E-state index in [0.717, 1.165) is 56.9 Å². The Hall–Kier alpha value is -1.29. The van der Waals surface area contributed by atoms with Crippen LogP contribution >= 0.6 is 0 Å². The van der Waals surface area contributed by atoms with Gasteiger partial charge in [-0.1, -0.05) is 20.3 Å². The Morgan fingerprint density at radius 1 is 0.947 bits per heavy atom. The van der Waals surface area contributed by atoms with Gasteiger partial charge < -0.3 is 15.4 Å². The van der Waals surface area contributed by atoms with Crippen molar-refractivity contribution < 1.29 is 4.74 Å². The van der Waals surface area contributed by atoms with Gasteiger partial charge in [0.15, 0.2) is 0 Å². The van der Waals surface area contributed by atoms with Crippen LogP contribution in [0, 0.1) is 0 Å². The summed E-state index contributed by atoms with van der Waals surface area (Å²) in [6.07, 6.45) is 8.21. The molecule has 1 rings (SSSR count). The van der Waals surface area contributed by atoms with Gasteiger partial charge in [0.1, 0.15) is 0 Å². The summed E-state index contributed by atoms with van der Waals surface area (Å²) in [6.45, 7) is 7.95. The molecule has 0 saturated carbocycles. The van der Waals surface area contributed by atoms with Gasteiger partial charge in [-0.15, -0.1) is 0 Å². The standard InChI is InChI=1S/C15H27N3O/c1-3-5-9-19-10-6-8-18-15-11-14(12-16-13-15)17-7-4-2/h11-13,17-18H,3-10H2,1-2H3. The largest absolute Gasteiger partial charge is 0.384 e. The number of pyridine rings is 1. The second-order valence-electron chi connectivity index (χ2n) is 4.64. The van der Waals surface area contributed by atoms with Crippen molar-refractivity contribution in [3.8, 4) is 0 Å². The summed E-state index contributed by atoms with van der Waals surface area (Å²) in [5, 5.41) is 6.70. The van der Waals surface area contributed by atoms with E-state index in [-0.39, 0.29) is 0 Å². The number of nitrogens with zero attached hydrogens (tertiary/aromatic N) is 1. The van der Waals surface area contributed by atoms with E-state index in [4.69, 9.17) is 4.74 Å². The van der Waals surface area contributed by atoms with E-state index in [1.165, 1.54) is 6.42 Å². The molecule has 0 fully saturated rings. The van der Waals surface area contributed by atoms with Crippen molar-refractivity contribution in [3.05, 3.63) is 18.5 Å². The maximum absolute atomic E-state index is 5.52. The molecule has 0 radical (unpaired) electrons. The molecule has 1 aromatic rings. The van der Waals surface area contributed by atoms with E-state index < -0.39 is 0 Å². The summed E-state index contributed by atoms with van der Waals surface area (Å²) in [6, 6.07) is 2.10. The Balaban J connectivity index is 2.14. The van der Waals surface area contributed by atoms with Crippen LogP contribution in [0.5, 0.6) is 0 Å². The third kappa shape index (κ3) is 7.67. The number of rotatable bonds is 11. The van der Waals surface area contributed by atoms with Crippen LogP contribution in [-0.4, -0.2) is 31.3 Å². The zero-order valence-corrected chi connectivity index (χ0v) is 12.2. The number of hydrogen-bond acceptors (Lipinski definition) is 4. The van der Waals surface area contributed by atoms with Crippen LogP contribution in [0.3, 0.4) is 0 Å². The normalized spacial score (nSPS) is 10.4. The minimum atomic E-state index is 0.828. The molecule has 0 aliphatic carbocycles. The van der Waals surface area contributed by atoms with E-state index in [0.29, 0.717) is 0 Å². The molecule has 0 saturated heterocycles. The van der Waals surface area contributed by atoms with E-state index >= 15 is 0 Å². The predicted molar refractivity (Wildman–Crippen MR) is 81.9 cm³/mol. The second kappa shape index (κ2) is 10.6. The Bertz CT molecular complexity index is 331. The summed E-state index contributed by atoms with van der Waals surface area (Å²) in [5.41, 5.74) is 2.14. The Morgan fingerprint density at radius 3 is 2.32 bits per heavy atom. The van der Waals surface area contributed by atoms with Crippen molar-refractivity contribution in [2.24, 2.45) is 0 Å². The third-order valence-corrected chi connectivity index (χ3v) is 2.75. The summed E-state index contributed by atoms with van der Waals surface area (Å²) in [5.74, 6) is 0. The molecule has 0 amide bonds. The first-order chi connectivity index (χ1) is 9.36. The van der Waals surface area contributed by atoms with E-state index in [1.807, 2.05) is 12.4 Å². The number of aromatic nitrogens is 1. The zero-order chi connectivity index (χ0) is 13.8. The molecule has 0 aliphatic rings. The Morgan fingerprint density at radius 2 is 1.63 bits per heavy atom. The monoisotopic (exact) mass is 265 g/mol. The van der Waals surface area contributed by atoms with Gasteiger partial charge in [0, 0.05) is 26.3 Å². The summed E-state index contributed by atoms with van der Waals surface area (Å²) in [4.78, 5) is 4.22. The van der Waals surface area contributed by atoms with Gasteiger partial charge in [0.25, 0.3) is 0 Å². The number of unbranched alkanes of at least 4 members (excludes halogenated alkanes) is 1. The van der Waals surface area contributed by atoms with Crippen LogP contribution in [-0.2, 0) is 4.74 Å². The maximum atomic E-state index is 5.52. The van der Waals surface area contributed by atoms with Crippen LogP contribution in [0.25, 0.3) is 0 Å². The lowest BCUT2D eigenvalue weighted by molar-refractivity contribution is 0.131. The van der Waals surface area contributed by atoms with E-state index in [1.54, 1.807) is 0 Å². The lowest BCUT2D eigenvalue weighted by Crippen LogP contribution is -2.07. The minimum absolute atomic E-state index is 0.828. The zero-order valence-electron chi connectivity index (χ0n) is 12.2. The molecule has 0 aliphatic heterocycles. The maximum Gasteiger partial charge on any atom is 0.0547 e. The first-order valence-electron chi connectivity index (χ1n) is 7.37. The highest BCUT2D eigenvalue weighted by atomic mass is 16.5. The summed E-state index contributed by atoms with van der Waals surface area (Å²) in [7, 11) is 0. The summed E-state index contributed by atoms with van der Waals surface area (Å²) >= 11 is 0. The molecule has 4 heteroatoms. The van der Waals surface area contributed by atoms with Gasteiger partial charge in [0.2, 0.25) is 0 Å². The predicted octanol–water partition coefficient (Wildman–Crippen LogP) is 3.52. The van der Waals surface area contributed by atoms with Crippen LogP contribution < -0.4 is 10.6 Å². The first-order valence-corrected chi connectivity index (χ1v) is 7.37. The molecular formula is C15H27N3O. The SMILES string of the molecule is CCCCOCCCNc1cncc(NCCC)c1. The van der Waals surface area contributed by atoms with Gasteiger partial charge in [-0.3, -0.25) is 4.98 Å². The number of ether oxygens (including phenoxy) is 1. The van der Waals surface area contributed by atoms with Gasteiger partial charge >= 0.3 is 0 Å². The second-order valence-corrected chi connectivity index (χ2v) is 4.64. The first kappa shape index (κ1) is 15.8. The Kier molecular flexibility index (Phi) is 8.81. The molecule has 0 bridgehead atoms. The lowest BCUT2D eigenvalue weighted by Gasteiger charge is -2.09. The molecule has 0 unspecified atom stereocenters. The molecule has 1 aromatic heterocycles. The fourth-order valence-corrected chi connectivity index (χ4v) is 1.66. The molecular weight excluding hydrogens is 238 g/mol. The number of nitrogens with one attached hydrogen (secondary N) is 2. The van der Waals surface area contributed by atoms with Gasteiger partial charge in [-0.2, -0.15) is 0 Å². The van der Waals surface area contributed by atoms with Crippen LogP contribution in [0.4, 0.5) is 11.4 Å². The average Bonchev–Trinajstić information content (AvgIpc) is 2.44. The van der Waals surface area contributed by atoms with Crippen molar-refractivity contribution in [2.45, 2.75) is 39.5 Å². The molecule has 4 nitrogen and oxygen atoms in total. The smallest absolute Gasteiger partial charge is 0.0547 e. The molecule has 2 N–H and O–H groups in total. The average molecular weight is 265 g/mol. The van der Waals surface area contributed by atoms with Crippen LogP contribution in [0.2, 0.25) is 0 Å². The lowest BCUT2D eigenvalue weighted by atomic mass is 10.3. The minimum Gasteiger partial charge on any atom is -0.384 e. The highest BCUT2D eigenvalue weighted by Crippen LogP contribution is 2.12. The fourth-order valence-electron chi connectivity index (χ4n) is 1.66. The molecule has 108 valence electrons. The quantitative estimate of drug-likeness (QED) is 0.601. The highest BCUT2D eigenvalue weighted by molar-refractivity contribution is 5.53. The van der Waals surface area contributed by atoms with Crippen molar-refractivity contribution in [1.82, 2.24) is 4.98 Å². The summed E-state index contributed by atoms with van der Waals surface area (Å²) < 4.78 is 5.52. The van der Waals surface area contributed by atoms with Crippen molar-refractivity contribution in [1.29, 1.82) is 0 Å². The van der Waals surface area contributed by atoms with Gasteiger partial charge in [-0.05, 0) is 25.3 Å². The van der Waals surface area contributed by atoms with E-state index in [2.05, 4.69) is 35.5 Å². The highest BCUT2D eigenvalue weighted by Gasteiger charge is 1.96. The Labute approximate surface area is 117 Å². The molecule has 19 heavy (non-hydrogen) atoms. The number of anilines is 2. The van der Waals surface area contributed by atoms with Crippen molar-refractivity contribution >= 4 is 11.4 Å². The molecule has 0 atom stereocenters. The van der Waals surface area contributed by atoms with E-state index in [9.17, 15) is 0 Å². The van der Waals surface area contributed by atoms with Gasteiger partial charge in [-0.25, -0.2) is 0 Å². The van der Waals surface area contributed by atoms with Crippen LogP contribution in [0.1, 0.15) is 39.5 Å². The topological polar surface area (TPSA) is 46.2 Å². The van der Waals surface area contributed by atoms with Crippen molar-refractivity contribution in [3.63, 3.8) is 0 Å². The number of hydrogen-bond donors (Lipinski definition) is 2. The molecule has 1 heterocycles.